The van der Waals surface area contributed by atoms with Gasteiger partial charge in [0, 0.05) is 12.6 Å². The van der Waals surface area contributed by atoms with E-state index < -0.39 is 11.7 Å². The van der Waals surface area contributed by atoms with Gasteiger partial charge in [-0.25, -0.2) is 14.3 Å². The Morgan fingerprint density at radius 1 is 1.08 bits per heavy atom. The maximum Gasteiger partial charge on any atom is 0.418 e. The first-order valence-corrected chi connectivity index (χ1v) is 11.7. The van der Waals surface area contributed by atoms with Crippen molar-refractivity contribution in [3.63, 3.8) is 0 Å². The number of nitrogens with zero attached hydrogens (tertiary/aromatic N) is 3. The van der Waals surface area contributed by atoms with Crippen molar-refractivity contribution >= 4 is 18.0 Å². The molecule has 0 aliphatic carbocycles. The summed E-state index contributed by atoms with van der Waals surface area (Å²) in [6.07, 6.45) is -1.39. The molecule has 10 nitrogen and oxygen atoms in total. The Bertz CT molecular complexity index is 1160. The molecule has 1 aromatic heterocycles. The number of anilines is 1. The Morgan fingerprint density at radius 2 is 1.78 bits per heavy atom. The lowest BCUT2D eigenvalue weighted by Crippen LogP contribution is -2.49. The quantitative estimate of drug-likeness (QED) is 0.538. The van der Waals surface area contributed by atoms with Crippen LogP contribution in [-0.4, -0.2) is 64.9 Å². The van der Waals surface area contributed by atoms with E-state index in [1.807, 2.05) is 57.2 Å². The molecule has 1 N–H and O–H groups in total. The van der Waals surface area contributed by atoms with Crippen molar-refractivity contribution in [3.05, 3.63) is 66.7 Å². The maximum atomic E-state index is 12.5. The molecule has 0 spiro atoms. The molecule has 10 heteroatoms. The van der Waals surface area contributed by atoms with Crippen molar-refractivity contribution in [2.24, 2.45) is 0 Å². The van der Waals surface area contributed by atoms with E-state index in [0.717, 1.165) is 5.69 Å². The average Bonchev–Trinajstić information content (AvgIpc) is 3.25. The van der Waals surface area contributed by atoms with Crippen molar-refractivity contribution in [2.45, 2.75) is 32.5 Å². The Kier molecular flexibility index (Phi) is 7.74. The molecule has 0 bridgehead atoms. The summed E-state index contributed by atoms with van der Waals surface area (Å²) >= 11 is 0. The number of carbonyl (C=O) groups excluding carboxylic acids is 2. The fraction of sp³-hybridized carbons (Fsp3) is 0.346. The third-order valence-electron chi connectivity index (χ3n) is 5.08. The minimum absolute atomic E-state index is 0.166. The number of morpholine rings is 1. The summed E-state index contributed by atoms with van der Waals surface area (Å²) in [4.78, 5) is 26.5. The molecule has 1 saturated heterocycles. The van der Waals surface area contributed by atoms with Gasteiger partial charge in [0.25, 0.3) is 0 Å². The van der Waals surface area contributed by atoms with Crippen LogP contribution in [0.4, 0.5) is 15.4 Å². The van der Waals surface area contributed by atoms with Gasteiger partial charge in [-0.15, -0.1) is 5.10 Å². The highest BCUT2D eigenvalue weighted by Crippen LogP contribution is 2.23. The smallest absolute Gasteiger partial charge is 0.418 e. The van der Waals surface area contributed by atoms with Gasteiger partial charge >= 0.3 is 12.2 Å². The summed E-state index contributed by atoms with van der Waals surface area (Å²) in [7, 11) is 0. The Morgan fingerprint density at radius 3 is 2.47 bits per heavy atom. The monoisotopic (exact) mass is 494 g/mol. The third-order valence-corrected chi connectivity index (χ3v) is 5.08. The first-order valence-electron chi connectivity index (χ1n) is 11.7. The van der Waals surface area contributed by atoms with E-state index in [-0.39, 0.29) is 24.7 Å². The van der Waals surface area contributed by atoms with E-state index >= 15 is 0 Å². The molecule has 4 rings (SSSR count). The lowest BCUT2D eigenvalue weighted by atomic mass is 10.2. The Hall–Kier alpha value is -4.05. The third kappa shape index (κ3) is 6.98. The van der Waals surface area contributed by atoms with Crippen LogP contribution >= 0.6 is 0 Å². The summed E-state index contributed by atoms with van der Waals surface area (Å²) in [5.41, 5.74) is 0.156. The normalized spacial score (nSPS) is 15.8. The van der Waals surface area contributed by atoms with Crippen LogP contribution in [0.2, 0.25) is 0 Å². The molecular formula is C26H30N4O6. The van der Waals surface area contributed by atoms with Crippen molar-refractivity contribution in [1.29, 1.82) is 0 Å². The van der Waals surface area contributed by atoms with Gasteiger partial charge in [0.05, 0.1) is 18.8 Å². The maximum absolute atomic E-state index is 12.5. The number of rotatable bonds is 6. The van der Waals surface area contributed by atoms with Crippen LogP contribution in [-0.2, 0) is 9.47 Å². The van der Waals surface area contributed by atoms with Gasteiger partial charge in [-0.3, -0.25) is 5.32 Å². The number of amides is 2. The van der Waals surface area contributed by atoms with Gasteiger partial charge in [-0.05, 0) is 45.0 Å². The van der Waals surface area contributed by atoms with Gasteiger partial charge in [-0.2, -0.15) is 0 Å². The van der Waals surface area contributed by atoms with Crippen LogP contribution < -0.4 is 14.8 Å². The fourth-order valence-corrected chi connectivity index (χ4v) is 3.50. The molecule has 0 unspecified atom stereocenters. The van der Waals surface area contributed by atoms with Crippen molar-refractivity contribution in [1.82, 2.24) is 14.7 Å². The summed E-state index contributed by atoms with van der Waals surface area (Å²) in [6, 6.07) is 19.7. The topological polar surface area (TPSA) is 104 Å². The second kappa shape index (κ2) is 11.1. The SMILES string of the molecule is CC(C)(C)OC(=O)N1CCO[C@@H](COc2cc(NC(=O)Oc3ccccc3)n(-c3ccccc3)n2)C1. The molecule has 2 aromatic carbocycles. The zero-order chi connectivity index (χ0) is 25.5. The van der Waals surface area contributed by atoms with E-state index in [4.69, 9.17) is 18.9 Å². The van der Waals surface area contributed by atoms with Crippen LogP contribution in [0.1, 0.15) is 20.8 Å². The minimum Gasteiger partial charge on any atom is -0.474 e. The van der Waals surface area contributed by atoms with Gasteiger partial charge in [0.2, 0.25) is 5.88 Å². The number of ether oxygens (including phenoxy) is 4. The molecule has 0 saturated carbocycles. The van der Waals surface area contributed by atoms with Gasteiger partial charge in [-0.1, -0.05) is 36.4 Å². The number of hydrogen-bond acceptors (Lipinski definition) is 7. The summed E-state index contributed by atoms with van der Waals surface area (Å²) in [5.74, 6) is 1.07. The lowest BCUT2D eigenvalue weighted by molar-refractivity contribution is -0.0561. The molecule has 2 amide bonds. The van der Waals surface area contributed by atoms with Gasteiger partial charge < -0.3 is 23.8 Å². The molecule has 1 atom stereocenters. The first kappa shape index (κ1) is 25.1. The summed E-state index contributed by atoms with van der Waals surface area (Å²) in [5, 5.41) is 7.21. The highest BCUT2D eigenvalue weighted by Gasteiger charge is 2.29. The molecule has 1 aliphatic heterocycles. The van der Waals surface area contributed by atoms with E-state index in [0.29, 0.717) is 31.3 Å². The first-order chi connectivity index (χ1) is 17.3. The molecule has 2 heterocycles. The predicted octanol–water partition coefficient (Wildman–Crippen LogP) is 4.50. The van der Waals surface area contributed by atoms with Gasteiger partial charge in [0.1, 0.15) is 29.9 Å². The lowest BCUT2D eigenvalue weighted by Gasteiger charge is -2.33. The zero-order valence-electron chi connectivity index (χ0n) is 20.5. The molecule has 190 valence electrons. The van der Waals surface area contributed by atoms with E-state index in [1.54, 1.807) is 39.9 Å². The van der Waals surface area contributed by atoms with Crippen molar-refractivity contribution < 1.29 is 28.5 Å². The molecule has 3 aromatic rings. The second-order valence-electron chi connectivity index (χ2n) is 9.17. The number of hydrogen-bond donors (Lipinski definition) is 1. The summed E-state index contributed by atoms with van der Waals surface area (Å²) < 4.78 is 24.0. The Balaban J connectivity index is 1.42. The standard InChI is InChI=1S/C26H30N4O6/c1-26(2,3)36-25(32)29-14-15-33-21(17-29)18-34-23-16-22(30(28-23)19-10-6-4-7-11-19)27-24(31)35-20-12-8-5-9-13-20/h4-13,16,21H,14-15,17-18H2,1-3H3,(H,27,31)/t21-/m1/s1. The summed E-state index contributed by atoms with van der Waals surface area (Å²) in [6.45, 7) is 6.82. The predicted molar refractivity (Wildman–Crippen MR) is 133 cm³/mol. The molecule has 1 fully saturated rings. The highest BCUT2D eigenvalue weighted by atomic mass is 16.6. The molecule has 0 radical (unpaired) electrons. The molecule has 36 heavy (non-hydrogen) atoms. The molecule has 1 aliphatic rings. The number of benzene rings is 2. The zero-order valence-corrected chi connectivity index (χ0v) is 20.5. The minimum atomic E-state index is -0.659. The van der Waals surface area contributed by atoms with E-state index in [2.05, 4.69) is 10.4 Å². The van der Waals surface area contributed by atoms with Gasteiger partial charge in [0.15, 0.2) is 0 Å². The highest BCUT2D eigenvalue weighted by molar-refractivity contribution is 5.85. The van der Waals surface area contributed by atoms with Crippen LogP contribution in [0, 0.1) is 0 Å². The van der Waals surface area contributed by atoms with Crippen LogP contribution in [0.25, 0.3) is 5.69 Å². The number of carbonyl (C=O) groups is 2. The largest absolute Gasteiger partial charge is 0.474 e. The number of nitrogens with one attached hydrogen (secondary N) is 1. The molecular weight excluding hydrogens is 464 g/mol. The Labute approximate surface area is 209 Å². The van der Waals surface area contributed by atoms with Crippen LogP contribution in [0.3, 0.4) is 0 Å². The van der Waals surface area contributed by atoms with E-state index in [9.17, 15) is 9.59 Å². The van der Waals surface area contributed by atoms with Crippen LogP contribution in [0.15, 0.2) is 66.7 Å². The van der Waals surface area contributed by atoms with Crippen molar-refractivity contribution in [2.75, 3.05) is 31.6 Å². The van der Waals surface area contributed by atoms with Crippen LogP contribution in [0.5, 0.6) is 11.6 Å². The second-order valence-corrected chi connectivity index (χ2v) is 9.17. The fourth-order valence-electron chi connectivity index (χ4n) is 3.50. The number of para-hydroxylation sites is 2. The number of aromatic nitrogens is 2. The van der Waals surface area contributed by atoms with Crippen molar-refractivity contribution in [3.8, 4) is 17.3 Å². The van der Waals surface area contributed by atoms with E-state index in [1.165, 1.54) is 0 Å². The average molecular weight is 495 g/mol.